The smallest absolute Gasteiger partial charge is 0.119 e. The molecule has 0 heterocycles. The number of likely N-dealkylation sites (N-methyl/N-ethyl adjacent to an activating group) is 1. The van der Waals surface area contributed by atoms with E-state index in [9.17, 15) is 18.7 Å². The molecule has 15 heavy (non-hydrogen) atoms. The van der Waals surface area contributed by atoms with Gasteiger partial charge in [-0.1, -0.05) is 0 Å². The number of carboxylic acids is 1. The van der Waals surface area contributed by atoms with Gasteiger partial charge in [-0.15, -0.1) is 0 Å². The molecule has 0 saturated carbocycles. The number of hydrogen-bond acceptors (Lipinski definition) is 4. The second kappa shape index (κ2) is 6.88. The third kappa shape index (κ3) is 10.4. The number of aliphatic carboxylic acids is 1. The second-order valence-corrected chi connectivity index (χ2v) is 4.43. The molecule has 0 aromatic rings. The summed E-state index contributed by atoms with van der Waals surface area (Å²) in [6.07, 6.45) is 0.592. The topological polar surface area (TPSA) is 92.3 Å². The molecule has 0 bridgehead atoms. The van der Waals surface area contributed by atoms with E-state index >= 15 is 0 Å². The number of carbonyl (C=O) groups excluding carboxylic acids is 1. The molecule has 86 valence electrons. The Labute approximate surface area is 85.9 Å². The summed E-state index contributed by atoms with van der Waals surface area (Å²) in [5, 5.41) is 10.3. The molecular weight excluding hydrogens is 475 g/mol. The van der Waals surface area contributed by atoms with Crippen molar-refractivity contribution >= 4 is 17.2 Å². The van der Waals surface area contributed by atoms with Crippen molar-refractivity contribution in [1.82, 2.24) is 4.72 Å². The number of rotatable bonds is 7. The van der Waals surface area contributed by atoms with Crippen LogP contribution in [0.5, 0.6) is 0 Å². The van der Waals surface area contributed by atoms with Crippen LogP contribution in [-0.2, 0) is 16.1 Å². The average molecular weight is 490 g/mol. The van der Waals surface area contributed by atoms with Gasteiger partial charge in [-0.2, -0.15) is 0 Å². The first-order valence-corrected chi connectivity index (χ1v) is 5.25. The van der Waals surface area contributed by atoms with Gasteiger partial charge in [-0.3, -0.25) is 4.21 Å². The summed E-state index contributed by atoms with van der Waals surface area (Å²) in [4.78, 5) is 10.3. The molecule has 0 spiro atoms. The molecule has 0 aliphatic carbocycles. The van der Waals surface area contributed by atoms with Gasteiger partial charge in [0.2, 0.25) is 0 Å². The molecule has 0 aliphatic heterocycles. The van der Waals surface area contributed by atoms with Crippen LogP contribution in [0.2, 0.25) is 0 Å². The fourth-order valence-corrected chi connectivity index (χ4v) is 1.40. The van der Waals surface area contributed by atoms with E-state index in [0.29, 0.717) is 19.5 Å². The van der Waals surface area contributed by atoms with Crippen molar-refractivity contribution in [3.8, 4) is 0 Å². The maximum absolute atomic E-state index is 10.3. The van der Waals surface area contributed by atoms with Crippen LogP contribution in [0.1, 0.15) is 6.42 Å². The molecule has 0 aliphatic rings. The summed E-state index contributed by atoms with van der Waals surface area (Å²) in [5.41, 5.74) is 0. The molecule has 0 amide bonds. The standard InChI is InChI=1S/C7H16N2O4S.Rf/c1-9(2,6-7(10)11)5-3-4-8-14(12)13;/h8H,3-6H2,1-2H3,(H-,10,11,12,13);/p-1. The minimum Gasteiger partial charge on any atom is -0.760 e. The molecule has 0 radical (unpaired) electrons. The molecule has 0 rings (SSSR count). The molecule has 0 aromatic carbocycles. The first-order chi connectivity index (χ1) is 6.33. The van der Waals surface area contributed by atoms with E-state index < -0.39 is 17.2 Å². The third-order valence-electron chi connectivity index (χ3n) is 1.72. The van der Waals surface area contributed by atoms with E-state index in [0.717, 1.165) is 0 Å². The molecule has 0 aromatic heterocycles. The molecular formula is C7H15N2O4RfS-. The van der Waals surface area contributed by atoms with Gasteiger partial charge in [0.15, 0.2) is 0 Å². The summed E-state index contributed by atoms with van der Waals surface area (Å²) in [6, 6.07) is 0. The van der Waals surface area contributed by atoms with Crippen LogP contribution in [0.25, 0.3) is 0 Å². The minimum atomic E-state index is -2.24. The maximum Gasteiger partial charge on any atom is 0.119 e. The first-order valence-electron chi connectivity index (χ1n) is 4.18. The Morgan fingerprint density at radius 2 is 2.00 bits per heavy atom. The van der Waals surface area contributed by atoms with Gasteiger partial charge in [-0.05, 0) is 0 Å². The monoisotopic (exact) mass is 490 g/mol. The van der Waals surface area contributed by atoms with Crippen molar-refractivity contribution in [1.29, 1.82) is 0 Å². The van der Waals surface area contributed by atoms with E-state index in [4.69, 9.17) is 0 Å². The molecule has 8 heteroatoms. The van der Waals surface area contributed by atoms with Gasteiger partial charge in [-0.25, -0.2) is 4.72 Å². The van der Waals surface area contributed by atoms with E-state index in [2.05, 4.69) is 4.72 Å². The summed E-state index contributed by atoms with van der Waals surface area (Å²) >= 11 is -2.24. The zero-order valence-electron chi connectivity index (χ0n) is 9.02. The van der Waals surface area contributed by atoms with Crippen molar-refractivity contribution in [2.75, 3.05) is 33.7 Å². The van der Waals surface area contributed by atoms with E-state index in [1.165, 1.54) is 0 Å². The van der Waals surface area contributed by atoms with Crippen molar-refractivity contribution < 1.29 is 23.1 Å². The Balaban J connectivity index is 0. The van der Waals surface area contributed by atoms with E-state index in [1.807, 2.05) is 0 Å². The predicted octanol–water partition coefficient (Wildman–Crippen LogP) is -2.41. The molecule has 1 atom stereocenters. The van der Waals surface area contributed by atoms with Crippen molar-refractivity contribution in [3.63, 3.8) is 0 Å². The minimum absolute atomic E-state index is 0. The average Bonchev–Trinajstić information content (AvgIpc) is 1.95. The van der Waals surface area contributed by atoms with Crippen LogP contribution in [0.3, 0.4) is 0 Å². The van der Waals surface area contributed by atoms with Crippen LogP contribution in [0.4, 0.5) is 0 Å². The molecule has 1 N–H and O–H groups in total. The zero-order valence-corrected chi connectivity index (χ0v) is 16.2. The maximum atomic E-state index is 10.3. The largest absolute Gasteiger partial charge is 0.760 e. The Hall–Kier alpha value is -1.50. The molecule has 0 fully saturated rings. The van der Waals surface area contributed by atoms with Crippen LogP contribution in [0, 0.1) is 0 Å². The van der Waals surface area contributed by atoms with Crippen LogP contribution < -0.4 is 9.83 Å². The van der Waals surface area contributed by atoms with Crippen LogP contribution >= 0.6 is 0 Å². The fourth-order valence-electron chi connectivity index (χ4n) is 1.09. The zero-order chi connectivity index (χ0) is 11.2. The van der Waals surface area contributed by atoms with E-state index in [1.54, 1.807) is 14.1 Å². The molecule has 6 nitrogen and oxygen atoms in total. The number of nitrogens with one attached hydrogen (secondary N) is 1. The third-order valence-corrected chi connectivity index (χ3v) is 2.16. The summed E-state index contributed by atoms with van der Waals surface area (Å²) < 4.78 is 22.7. The normalized spacial score (nSPS) is 13.0. The summed E-state index contributed by atoms with van der Waals surface area (Å²) in [7, 11) is 3.51. The fraction of sp³-hybridized carbons (Fsp3) is 0.857. The first kappa shape index (κ1) is 15.9. The quantitative estimate of drug-likeness (QED) is 0.245. The van der Waals surface area contributed by atoms with Crippen LogP contribution in [0.15, 0.2) is 0 Å². The molecule has 1 unspecified atom stereocenters. The number of hydrogen-bond donors (Lipinski definition) is 1. The van der Waals surface area contributed by atoms with Crippen molar-refractivity contribution in [2.45, 2.75) is 6.42 Å². The Morgan fingerprint density at radius 3 is 2.40 bits per heavy atom. The van der Waals surface area contributed by atoms with Gasteiger partial charge in [0.25, 0.3) is 0 Å². The van der Waals surface area contributed by atoms with E-state index in [-0.39, 0.29) is 11.0 Å². The van der Waals surface area contributed by atoms with Crippen molar-refractivity contribution in [2.24, 2.45) is 0 Å². The SMILES string of the molecule is C[N+](C)(CCCNS(=O)[O-])CC(=O)[O-].[Rf]. The summed E-state index contributed by atoms with van der Waals surface area (Å²) in [5.74, 6) is -1.10. The predicted molar refractivity (Wildman–Crippen MR) is 48.4 cm³/mol. The Morgan fingerprint density at radius 1 is 1.47 bits per heavy atom. The second-order valence-electron chi connectivity index (χ2n) is 3.67. The van der Waals surface area contributed by atoms with Crippen molar-refractivity contribution in [3.05, 3.63) is 0 Å². The molecule has 0 saturated heterocycles. The van der Waals surface area contributed by atoms with Gasteiger partial charge in [0.05, 0.1) is 26.6 Å². The van der Waals surface area contributed by atoms with Gasteiger partial charge < -0.3 is 18.9 Å². The number of nitrogens with zero attached hydrogens (tertiary/aromatic N) is 1. The Kier molecular flexibility index (Phi) is 7.32. The summed E-state index contributed by atoms with van der Waals surface area (Å²) in [6.45, 7) is 0.837. The van der Waals surface area contributed by atoms with Crippen LogP contribution in [-0.4, -0.2) is 52.9 Å². The number of quaternary nitrogens is 1. The number of carboxylic acid groups (broad SMARTS) is 1. The van der Waals surface area contributed by atoms with Gasteiger partial charge in [0.1, 0.15) is 6.54 Å². The number of carbonyl (C=O) groups is 1. The van der Waals surface area contributed by atoms with Gasteiger partial charge in [0, 0.05) is 24.2 Å². The Bertz CT molecular complexity index is 225. The van der Waals surface area contributed by atoms with Gasteiger partial charge >= 0.3 is 0 Å².